The van der Waals surface area contributed by atoms with E-state index in [1.807, 2.05) is 51.1 Å². The number of ether oxygens (including phenoxy) is 1. The number of carbonyl (C=O) groups is 1. The van der Waals surface area contributed by atoms with E-state index in [-0.39, 0.29) is 18.6 Å². The van der Waals surface area contributed by atoms with Gasteiger partial charge in [0.2, 0.25) is 0 Å². The molecule has 0 radical (unpaired) electrons. The molecule has 1 aromatic rings. The highest BCUT2D eigenvalue weighted by atomic mass is 16.6. The summed E-state index contributed by atoms with van der Waals surface area (Å²) in [4.78, 5) is 16.8. The number of hydrogen-bond donors (Lipinski definition) is 1. The van der Waals surface area contributed by atoms with Crippen LogP contribution in [0.4, 0.5) is 4.79 Å². The fraction of sp³-hybridized carbons (Fsp3) is 0.611. The van der Waals surface area contributed by atoms with E-state index in [2.05, 4.69) is 10.0 Å². The molecule has 1 aliphatic heterocycles. The van der Waals surface area contributed by atoms with Crippen molar-refractivity contribution >= 4 is 6.09 Å². The zero-order valence-corrected chi connectivity index (χ0v) is 15.1. The standard InChI is InChI=1S/C18H26N4O3/c1-17(2,3)25-16(23)22-11-7-10-15(12-22)18(24,13-20-21-19)14-8-5-4-6-9-14/h4-6,8-9,15,24H,7,10-13H2,1-3H3/t15-,18+/m0/s1. The zero-order chi connectivity index (χ0) is 18.5. The molecule has 1 aliphatic rings. The van der Waals surface area contributed by atoms with E-state index in [1.165, 1.54) is 0 Å². The van der Waals surface area contributed by atoms with Crippen LogP contribution in [0.15, 0.2) is 35.4 Å². The van der Waals surface area contributed by atoms with Gasteiger partial charge in [0.1, 0.15) is 5.60 Å². The Labute approximate surface area is 148 Å². The molecule has 0 spiro atoms. The molecule has 2 rings (SSSR count). The van der Waals surface area contributed by atoms with Crippen LogP contribution in [-0.4, -0.2) is 41.3 Å². The average Bonchev–Trinajstić information content (AvgIpc) is 2.59. The summed E-state index contributed by atoms with van der Waals surface area (Å²) < 4.78 is 5.45. The molecule has 1 fully saturated rings. The molecule has 0 aliphatic carbocycles. The van der Waals surface area contributed by atoms with Crippen LogP contribution in [0.1, 0.15) is 39.2 Å². The van der Waals surface area contributed by atoms with Crippen LogP contribution in [0, 0.1) is 5.92 Å². The summed E-state index contributed by atoms with van der Waals surface area (Å²) >= 11 is 0. The Kier molecular flexibility index (Phi) is 5.93. The van der Waals surface area contributed by atoms with E-state index >= 15 is 0 Å². The van der Waals surface area contributed by atoms with Gasteiger partial charge in [0.25, 0.3) is 0 Å². The highest BCUT2D eigenvalue weighted by Gasteiger charge is 2.41. The van der Waals surface area contributed by atoms with Crippen molar-refractivity contribution in [1.29, 1.82) is 0 Å². The fourth-order valence-electron chi connectivity index (χ4n) is 3.18. The normalized spacial score (nSPS) is 20.3. The summed E-state index contributed by atoms with van der Waals surface area (Å²) in [6.45, 7) is 6.37. The number of likely N-dealkylation sites (tertiary alicyclic amines) is 1. The number of aliphatic hydroxyl groups is 1. The predicted molar refractivity (Wildman–Crippen MR) is 94.9 cm³/mol. The molecule has 1 saturated heterocycles. The molecule has 2 atom stereocenters. The second kappa shape index (κ2) is 7.76. The van der Waals surface area contributed by atoms with Crippen LogP contribution in [0.3, 0.4) is 0 Å². The summed E-state index contributed by atoms with van der Waals surface area (Å²) in [5.41, 5.74) is 7.52. The van der Waals surface area contributed by atoms with Crippen molar-refractivity contribution in [3.8, 4) is 0 Å². The van der Waals surface area contributed by atoms with Crippen LogP contribution in [-0.2, 0) is 10.3 Å². The number of carbonyl (C=O) groups excluding carboxylic acids is 1. The first-order valence-corrected chi connectivity index (χ1v) is 8.53. The Balaban J connectivity index is 2.23. The number of hydrogen-bond acceptors (Lipinski definition) is 4. The summed E-state index contributed by atoms with van der Waals surface area (Å²) in [6.07, 6.45) is 1.12. The van der Waals surface area contributed by atoms with Gasteiger partial charge in [-0.15, -0.1) is 0 Å². The van der Waals surface area contributed by atoms with Gasteiger partial charge in [0.15, 0.2) is 0 Å². The van der Waals surface area contributed by atoms with E-state index in [4.69, 9.17) is 10.3 Å². The Morgan fingerprint density at radius 3 is 2.68 bits per heavy atom. The molecule has 7 heteroatoms. The highest BCUT2D eigenvalue weighted by molar-refractivity contribution is 5.68. The lowest BCUT2D eigenvalue weighted by atomic mass is 9.77. The second-order valence-electron chi connectivity index (χ2n) is 7.44. The number of amides is 1. The molecule has 0 unspecified atom stereocenters. The van der Waals surface area contributed by atoms with Crippen LogP contribution in [0.2, 0.25) is 0 Å². The van der Waals surface area contributed by atoms with Crippen molar-refractivity contribution in [3.63, 3.8) is 0 Å². The molecular formula is C18H26N4O3. The first-order valence-electron chi connectivity index (χ1n) is 8.53. The number of nitrogens with zero attached hydrogens (tertiary/aromatic N) is 4. The Morgan fingerprint density at radius 2 is 2.08 bits per heavy atom. The maximum atomic E-state index is 12.4. The molecule has 1 aromatic carbocycles. The summed E-state index contributed by atoms with van der Waals surface area (Å²) in [5.74, 6) is -0.235. The summed E-state index contributed by atoms with van der Waals surface area (Å²) in [6, 6.07) is 9.18. The number of azide groups is 1. The van der Waals surface area contributed by atoms with Crippen molar-refractivity contribution < 1.29 is 14.6 Å². The van der Waals surface area contributed by atoms with Crippen molar-refractivity contribution in [2.45, 2.75) is 44.8 Å². The molecule has 1 amide bonds. The van der Waals surface area contributed by atoms with E-state index in [0.717, 1.165) is 12.8 Å². The predicted octanol–water partition coefficient (Wildman–Crippen LogP) is 3.83. The van der Waals surface area contributed by atoms with Crippen LogP contribution in [0.25, 0.3) is 10.4 Å². The zero-order valence-electron chi connectivity index (χ0n) is 15.1. The third-order valence-electron chi connectivity index (χ3n) is 4.40. The Morgan fingerprint density at radius 1 is 1.40 bits per heavy atom. The Bertz CT molecular complexity index is 637. The van der Waals surface area contributed by atoms with Crippen LogP contribution in [0.5, 0.6) is 0 Å². The third kappa shape index (κ3) is 4.87. The van der Waals surface area contributed by atoms with Gasteiger partial charge in [-0.2, -0.15) is 0 Å². The molecule has 1 N–H and O–H groups in total. The lowest BCUT2D eigenvalue weighted by molar-refractivity contribution is -0.0501. The molecule has 0 bridgehead atoms. The van der Waals surface area contributed by atoms with Gasteiger partial charge in [-0.1, -0.05) is 35.4 Å². The Hall–Kier alpha value is -2.24. The number of piperidine rings is 1. The molecule has 1 heterocycles. The van der Waals surface area contributed by atoms with E-state index in [0.29, 0.717) is 18.7 Å². The highest BCUT2D eigenvalue weighted by Crippen LogP contribution is 2.36. The SMILES string of the molecule is CC(C)(C)OC(=O)N1CCC[C@H]([C@@](O)(CN=[N+]=[N-])c2ccccc2)C1. The van der Waals surface area contributed by atoms with Crippen molar-refractivity contribution in [1.82, 2.24) is 4.90 Å². The van der Waals surface area contributed by atoms with Gasteiger partial charge in [-0.3, -0.25) is 0 Å². The minimum Gasteiger partial charge on any atom is -0.444 e. The third-order valence-corrected chi connectivity index (χ3v) is 4.40. The summed E-state index contributed by atoms with van der Waals surface area (Å²) in [7, 11) is 0. The van der Waals surface area contributed by atoms with Gasteiger partial charge in [-0.05, 0) is 44.7 Å². The maximum Gasteiger partial charge on any atom is 0.410 e. The molecule has 0 aromatic heterocycles. The minimum atomic E-state index is -1.31. The van der Waals surface area contributed by atoms with E-state index < -0.39 is 11.2 Å². The topological polar surface area (TPSA) is 98.5 Å². The number of rotatable bonds is 4. The van der Waals surface area contributed by atoms with Crippen molar-refractivity contribution in [2.24, 2.45) is 11.0 Å². The van der Waals surface area contributed by atoms with Crippen molar-refractivity contribution in [2.75, 3.05) is 19.6 Å². The molecule has 136 valence electrons. The number of benzene rings is 1. The average molecular weight is 346 g/mol. The van der Waals surface area contributed by atoms with Gasteiger partial charge in [0.05, 0.1) is 12.1 Å². The second-order valence-corrected chi connectivity index (χ2v) is 7.44. The quantitative estimate of drug-likeness (QED) is 0.509. The first-order chi connectivity index (χ1) is 11.8. The van der Waals surface area contributed by atoms with E-state index in [9.17, 15) is 9.90 Å². The van der Waals surface area contributed by atoms with Gasteiger partial charge < -0.3 is 14.7 Å². The molecule has 25 heavy (non-hydrogen) atoms. The molecule has 7 nitrogen and oxygen atoms in total. The fourth-order valence-corrected chi connectivity index (χ4v) is 3.18. The van der Waals surface area contributed by atoms with E-state index in [1.54, 1.807) is 4.90 Å². The maximum absolute atomic E-state index is 12.4. The lowest BCUT2D eigenvalue weighted by Gasteiger charge is -2.42. The smallest absolute Gasteiger partial charge is 0.410 e. The largest absolute Gasteiger partial charge is 0.444 e. The van der Waals surface area contributed by atoms with Gasteiger partial charge in [-0.25, -0.2) is 4.79 Å². The first kappa shape index (κ1) is 19.1. The van der Waals surface area contributed by atoms with Crippen LogP contribution < -0.4 is 0 Å². The minimum absolute atomic E-state index is 0.0691. The summed E-state index contributed by atoms with van der Waals surface area (Å²) in [5, 5.41) is 14.9. The molecule has 0 saturated carbocycles. The molecular weight excluding hydrogens is 320 g/mol. The van der Waals surface area contributed by atoms with Gasteiger partial charge in [0, 0.05) is 23.9 Å². The monoisotopic (exact) mass is 346 g/mol. The lowest BCUT2D eigenvalue weighted by Crippen LogP contribution is -2.50. The van der Waals surface area contributed by atoms with Gasteiger partial charge >= 0.3 is 6.09 Å². The van der Waals surface area contributed by atoms with Crippen molar-refractivity contribution in [3.05, 3.63) is 46.3 Å². The van der Waals surface area contributed by atoms with Crippen LogP contribution >= 0.6 is 0 Å².